The summed E-state index contributed by atoms with van der Waals surface area (Å²) in [6, 6.07) is 14.1. The Labute approximate surface area is 181 Å². The van der Waals surface area contributed by atoms with Crippen molar-refractivity contribution in [2.75, 3.05) is 6.61 Å². The third-order valence-electron chi connectivity index (χ3n) is 5.41. The quantitative estimate of drug-likeness (QED) is 0.475. The summed E-state index contributed by atoms with van der Waals surface area (Å²) >= 11 is 5.93. The molecule has 0 aliphatic carbocycles. The van der Waals surface area contributed by atoms with Crippen LogP contribution in [0, 0.1) is 0 Å². The minimum atomic E-state index is -0.426. The van der Waals surface area contributed by atoms with E-state index < -0.39 is 5.69 Å². The Bertz CT molecular complexity index is 1350. The zero-order chi connectivity index (χ0) is 21.4. The number of hydrogen-bond acceptors (Lipinski definition) is 6. The van der Waals surface area contributed by atoms with E-state index in [1.807, 2.05) is 0 Å². The second-order valence-corrected chi connectivity index (χ2v) is 7.89. The van der Waals surface area contributed by atoms with E-state index in [1.54, 1.807) is 48.5 Å². The van der Waals surface area contributed by atoms with Gasteiger partial charge in [-0.3, -0.25) is 13.9 Å². The average molecular weight is 439 g/mol. The molecule has 0 unspecified atom stereocenters. The normalized spacial score (nSPS) is 16.2. The molecule has 8 nitrogen and oxygen atoms in total. The maximum atomic E-state index is 13.3. The van der Waals surface area contributed by atoms with Crippen LogP contribution in [0.2, 0.25) is 5.02 Å². The Morgan fingerprint density at radius 2 is 1.87 bits per heavy atom. The van der Waals surface area contributed by atoms with Crippen LogP contribution in [0.4, 0.5) is 0 Å². The third kappa shape index (κ3) is 3.80. The smallest absolute Gasteiger partial charge is 0.332 e. The Balaban J connectivity index is 1.55. The van der Waals surface area contributed by atoms with Crippen molar-refractivity contribution in [3.63, 3.8) is 0 Å². The molecule has 9 heteroatoms. The molecule has 1 fully saturated rings. The Morgan fingerprint density at radius 1 is 1.06 bits per heavy atom. The SMILES string of the molecule is O=c1c2ccccc2n(Cc2nc(-c3ccc(Cl)cc3)no2)c(=O)n1C[C@H]1CCCO1. The van der Waals surface area contributed by atoms with E-state index in [1.165, 1.54) is 9.13 Å². The van der Waals surface area contributed by atoms with Crippen molar-refractivity contribution < 1.29 is 9.26 Å². The summed E-state index contributed by atoms with van der Waals surface area (Å²) < 4.78 is 13.8. The summed E-state index contributed by atoms with van der Waals surface area (Å²) in [4.78, 5) is 30.7. The molecule has 0 radical (unpaired) electrons. The van der Waals surface area contributed by atoms with Crippen LogP contribution in [0.15, 0.2) is 62.6 Å². The van der Waals surface area contributed by atoms with E-state index >= 15 is 0 Å². The van der Waals surface area contributed by atoms with E-state index in [9.17, 15) is 9.59 Å². The number of aromatic nitrogens is 4. The molecule has 158 valence electrons. The van der Waals surface area contributed by atoms with Crippen LogP contribution in [-0.2, 0) is 17.8 Å². The van der Waals surface area contributed by atoms with E-state index in [0.29, 0.717) is 28.4 Å². The molecule has 1 atom stereocenters. The number of ether oxygens (including phenoxy) is 1. The van der Waals surface area contributed by atoms with Crippen LogP contribution >= 0.6 is 11.6 Å². The molecule has 4 aromatic rings. The largest absolute Gasteiger partial charge is 0.376 e. The summed E-state index contributed by atoms with van der Waals surface area (Å²) in [7, 11) is 0. The first-order valence-electron chi connectivity index (χ1n) is 10.0. The predicted molar refractivity (Wildman–Crippen MR) is 115 cm³/mol. The van der Waals surface area contributed by atoms with Gasteiger partial charge in [0.25, 0.3) is 5.56 Å². The van der Waals surface area contributed by atoms with Crippen molar-refractivity contribution in [2.45, 2.75) is 32.0 Å². The van der Waals surface area contributed by atoms with Crippen molar-refractivity contribution in [3.8, 4) is 11.4 Å². The molecule has 0 saturated carbocycles. The van der Waals surface area contributed by atoms with Gasteiger partial charge in [-0.25, -0.2) is 4.79 Å². The van der Waals surface area contributed by atoms with Crippen LogP contribution < -0.4 is 11.2 Å². The van der Waals surface area contributed by atoms with Gasteiger partial charge >= 0.3 is 5.69 Å². The Kier molecular flexibility index (Phi) is 5.17. The van der Waals surface area contributed by atoms with Crippen molar-refractivity contribution in [1.82, 2.24) is 19.3 Å². The maximum absolute atomic E-state index is 13.3. The highest BCUT2D eigenvalue weighted by atomic mass is 35.5. The van der Waals surface area contributed by atoms with Gasteiger partial charge in [-0.15, -0.1) is 0 Å². The minimum Gasteiger partial charge on any atom is -0.376 e. The van der Waals surface area contributed by atoms with Crippen LogP contribution in [0.5, 0.6) is 0 Å². The lowest BCUT2D eigenvalue weighted by molar-refractivity contribution is 0.0948. The molecule has 2 aromatic carbocycles. The summed E-state index contributed by atoms with van der Waals surface area (Å²) in [6.07, 6.45) is 1.61. The van der Waals surface area contributed by atoms with Crippen molar-refractivity contribution in [2.24, 2.45) is 0 Å². The average Bonchev–Trinajstić information content (AvgIpc) is 3.47. The number of nitrogens with zero attached hydrogens (tertiary/aromatic N) is 4. The summed E-state index contributed by atoms with van der Waals surface area (Å²) in [5, 5.41) is 5.08. The Hall–Kier alpha value is -3.23. The fourth-order valence-corrected chi connectivity index (χ4v) is 3.97. The van der Waals surface area contributed by atoms with E-state index in [2.05, 4.69) is 10.1 Å². The van der Waals surface area contributed by atoms with Gasteiger partial charge in [0.1, 0.15) is 6.54 Å². The van der Waals surface area contributed by atoms with Gasteiger partial charge in [-0.05, 0) is 49.2 Å². The number of fused-ring (bicyclic) bond motifs is 1. The number of benzene rings is 2. The van der Waals surface area contributed by atoms with Crippen LogP contribution in [-0.4, -0.2) is 32.0 Å². The first-order chi connectivity index (χ1) is 15.1. The molecule has 0 spiro atoms. The highest BCUT2D eigenvalue weighted by Gasteiger charge is 2.21. The summed E-state index contributed by atoms with van der Waals surface area (Å²) in [5.74, 6) is 0.663. The third-order valence-corrected chi connectivity index (χ3v) is 5.66. The minimum absolute atomic E-state index is 0.0474. The van der Waals surface area contributed by atoms with Crippen molar-refractivity contribution in [1.29, 1.82) is 0 Å². The Morgan fingerprint density at radius 3 is 2.65 bits per heavy atom. The van der Waals surface area contributed by atoms with Gasteiger partial charge in [0, 0.05) is 17.2 Å². The fraction of sp³-hybridized carbons (Fsp3) is 0.273. The van der Waals surface area contributed by atoms with Gasteiger partial charge in [0.05, 0.1) is 23.6 Å². The summed E-state index contributed by atoms with van der Waals surface area (Å²) in [6.45, 7) is 0.921. The molecule has 1 aliphatic heterocycles. The first kappa shape index (κ1) is 19.7. The lowest BCUT2D eigenvalue weighted by atomic mass is 10.2. The monoisotopic (exact) mass is 438 g/mol. The van der Waals surface area contributed by atoms with Crippen LogP contribution in [0.25, 0.3) is 22.3 Å². The van der Waals surface area contributed by atoms with E-state index in [0.717, 1.165) is 18.4 Å². The second-order valence-electron chi connectivity index (χ2n) is 7.46. The topological polar surface area (TPSA) is 92.2 Å². The zero-order valence-electron chi connectivity index (χ0n) is 16.5. The number of para-hydroxylation sites is 1. The van der Waals surface area contributed by atoms with Crippen molar-refractivity contribution >= 4 is 22.5 Å². The van der Waals surface area contributed by atoms with Gasteiger partial charge in [0.2, 0.25) is 11.7 Å². The lowest BCUT2D eigenvalue weighted by Crippen LogP contribution is -2.42. The zero-order valence-corrected chi connectivity index (χ0v) is 17.3. The molecule has 31 heavy (non-hydrogen) atoms. The highest BCUT2D eigenvalue weighted by Crippen LogP contribution is 2.19. The van der Waals surface area contributed by atoms with E-state index in [4.69, 9.17) is 20.9 Å². The van der Waals surface area contributed by atoms with Crippen LogP contribution in [0.1, 0.15) is 18.7 Å². The number of rotatable bonds is 5. The van der Waals surface area contributed by atoms with Gasteiger partial charge < -0.3 is 9.26 Å². The van der Waals surface area contributed by atoms with Crippen LogP contribution in [0.3, 0.4) is 0 Å². The molecule has 1 aliphatic rings. The maximum Gasteiger partial charge on any atom is 0.332 e. The number of halogens is 1. The van der Waals surface area contributed by atoms with Gasteiger partial charge in [-0.2, -0.15) is 4.98 Å². The standard InChI is InChI=1S/C22H19ClN4O4/c23-15-9-7-14(8-10-15)20-24-19(31-25-20)13-26-18-6-2-1-5-17(18)21(28)27(22(26)29)12-16-4-3-11-30-16/h1-2,5-10,16H,3-4,11-13H2/t16-/m1/s1. The molecule has 1 saturated heterocycles. The van der Waals surface area contributed by atoms with Gasteiger partial charge in [-0.1, -0.05) is 28.9 Å². The fourth-order valence-electron chi connectivity index (χ4n) is 3.85. The van der Waals surface area contributed by atoms with Crippen molar-refractivity contribution in [3.05, 3.63) is 80.3 Å². The van der Waals surface area contributed by atoms with Gasteiger partial charge in [0.15, 0.2) is 0 Å². The molecule has 0 bridgehead atoms. The lowest BCUT2D eigenvalue weighted by Gasteiger charge is -2.15. The highest BCUT2D eigenvalue weighted by molar-refractivity contribution is 6.30. The molecular weight excluding hydrogens is 420 g/mol. The predicted octanol–water partition coefficient (Wildman–Crippen LogP) is 3.09. The number of hydrogen-bond donors (Lipinski definition) is 0. The summed E-state index contributed by atoms with van der Waals surface area (Å²) in [5.41, 5.74) is 0.525. The molecule has 0 N–H and O–H groups in total. The first-order valence-corrected chi connectivity index (χ1v) is 10.4. The second kappa shape index (κ2) is 8.13. The van der Waals surface area contributed by atoms with E-state index in [-0.39, 0.29) is 30.6 Å². The molecule has 2 aromatic heterocycles. The molecule has 3 heterocycles. The molecule has 5 rings (SSSR count). The molecular formula is C22H19ClN4O4. The molecule has 0 amide bonds.